The maximum atomic E-state index is 13.4. The molecule has 1 unspecified atom stereocenters. The number of hydrogen-bond donors (Lipinski definition) is 1. The van der Waals surface area contributed by atoms with Crippen molar-refractivity contribution >= 4 is 5.69 Å². The largest absolute Gasteiger partial charge is 0.508 e. The van der Waals surface area contributed by atoms with Gasteiger partial charge in [-0.15, -0.1) is 0 Å². The zero-order valence-electron chi connectivity index (χ0n) is 13.1. The quantitative estimate of drug-likeness (QED) is 0.869. The molecule has 0 fully saturated rings. The van der Waals surface area contributed by atoms with Gasteiger partial charge in [-0.05, 0) is 36.8 Å². The predicted octanol–water partition coefficient (Wildman–Crippen LogP) is 3.92. The van der Waals surface area contributed by atoms with E-state index in [0.717, 1.165) is 23.4 Å². The number of fused-ring (bicyclic) bond motifs is 1. The van der Waals surface area contributed by atoms with Crippen LogP contribution in [-0.4, -0.2) is 24.3 Å². The lowest BCUT2D eigenvalue weighted by molar-refractivity contribution is 0.194. The number of phenols is 1. The summed E-state index contributed by atoms with van der Waals surface area (Å²) in [5.74, 6) is 0.583. The molecule has 23 heavy (non-hydrogen) atoms. The van der Waals surface area contributed by atoms with Crippen LogP contribution in [0.15, 0.2) is 54.6 Å². The van der Waals surface area contributed by atoms with Crippen LogP contribution in [0.3, 0.4) is 0 Å². The number of phenolic OH excluding ortho intramolecular Hbond substituents is 1. The van der Waals surface area contributed by atoms with Gasteiger partial charge in [-0.2, -0.15) is 0 Å². The number of rotatable bonds is 4. The highest BCUT2D eigenvalue weighted by Crippen LogP contribution is 2.37. The van der Waals surface area contributed by atoms with E-state index in [4.69, 9.17) is 4.74 Å². The number of aromatic hydroxyl groups is 1. The zero-order chi connectivity index (χ0) is 16.4. The third-order valence-electron chi connectivity index (χ3n) is 3.81. The Labute approximate surface area is 135 Å². The first-order chi connectivity index (χ1) is 11.0. The van der Waals surface area contributed by atoms with Gasteiger partial charge in [0.1, 0.15) is 23.4 Å². The lowest BCUT2D eigenvalue weighted by Gasteiger charge is -2.36. The van der Waals surface area contributed by atoms with Crippen molar-refractivity contribution in [3.63, 3.8) is 0 Å². The van der Waals surface area contributed by atoms with Crippen molar-refractivity contribution in [2.24, 2.45) is 0 Å². The normalized spacial score (nSPS) is 16.6. The van der Waals surface area contributed by atoms with E-state index in [9.17, 15) is 9.50 Å². The predicted molar refractivity (Wildman–Crippen MR) is 89.7 cm³/mol. The standard InChI is InChI=1S/C19H20FNO2/c1-13(2)11-21-12-17(9-14-4-3-5-15(20)8-14)23-19-10-16(22)6-7-18(19)21/h3-8,10,17,22H,1,9,11-12H2,2H3. The minimum atomic E-state index is -0.241. The summed E-state index contributed by atoms with van der Waals surface area (Å²) in [6.07, 6.45) is 0.505. The third-order valence-corrected chi connectivity index (χ3v) is 3.81. The Morgan fingerprint density at radius 2 is 2.17 bits per heavy atom. The zero-order valence-corrected chi connectivity index (χ0v) is 13.1. The monoisotopic (exact) mass is 313 g/mol. The van der Waals surface area contributed by atoms with Crippen molar-refractivity contribution in [1.82, 2.24) is 0 Å². The Morgan fingerprint density at radius 1 is 1.35 bits per heavy atom. The Morgan fingerprint density at radius 3 is 2.91 bits per heavy atom. The topological polar surface area (TPSA) is 32.7 Å². The van der Waals surface area contributed by atoms with Crippen molar-refractivity contribution in [2.75, 3.05) is 18.0 Å². The second-order valence-electron chi connectivity index (χ2n) is 6.06. The molecular formula is C19H20FNO2. The number of hydrogen-bond acceptors (Lipinski definition) is 3. The highest BCUT2D eigenvalue weighted by atomic mass is 19.1. The Hall–Kier alpha value is -2.49. The van der Waals surface area contributed by atoms with Crippen LogP contribution >= 0.6 is 0 Å². The number of halogens is 1. The van der Waals surface area contributed by atoms with E-state index < -0.39 is 0 Å². The van der Waals surface area contributed by atoms with Gasteiger partial charge < -0.3 is 14.7 Å². The van der Waals surface area contributed by atoms with E-state index in [-0.39, 0.29) is 17.7 Å². The molecule has 3 rings (SSSR count). The van der Waals surface area contributed by atoms with E-state index in [1.807, 2.05) is 19.1 Å². The molecule has 3 nitrogen and oxygen atoms in total. The molecule has 1 heterocycles. The minimum absolute atomic E-state index is 0.106. The Bertz CT molecular complexity index is 729. The fourth-order valence-electron chi connectivity index (χ4n) is 2.93. The van der Waals surface area contributed by atoms with Gasteiger partial charge in [-0.1, -0.05) is 24.3 Å². The molecule has 2 aromatic rings. The first-order valence-corrected chi connectivity index (χ1v) is 7.65. The lowest BCUT2D eigenvalue weighted by Crippen LogP contribution is -2.41. The van der Waals surface area contributed by atoms with E-state index in [0.29, 0.717) is 18.7 Å². The molecule has 0 radical (unpaired) electrons. The second-order valence-corrected chi connectivity index (χ2v) is 6.06. The summed E-state index contributed by atoms with van der Waals surface area (Å²) in [6.45, 7) is 7.38. The van der Waals surface area contributed by atoms with Crippen molar-refractivity contribution in [1.29, 1.82) is 0 Å². The summed E-state index contributed by atoms with van der Waals surface area (Å²) in [5, 5.41) is 9.70. The lowest BCUT2D eigenvalue weighted by atomic mass is 10.0. The number of nitrogens with zero attached hydrogens (tertiary/aromatic N) is 1. The van der Waals surface area contributed by atoms with Crippen LogP contribution in [0.4, 0.5) is 10.1 Å². The van der Waals surface area contributed by atoms with Gasteiger partial charge in [0, 0.05) is 19.0 Å². The van der Waals surface area contributed by atoms with Gasteiger partial charge >= 0.3 is 0 Å². The average molecular weight is 313 g/mol. The molecule has 0 aliphatic carbocycles. The first-order valence-electron chi connectivity index (χ1n) is 7.65. The van der Waals surface area contributed by atoms with Crippen molar-refractivity contribution in [2.45, 2.75) is 19.4 Å². The van der Waals surface area contributed by atoms with Crippen LogP contribution < -0.4 is 9.64 Å². The van der Waals surface area contributed by atoms with Crippen LogP contribution in [0, 0.1) is 5.82 Å². The molecule has 4 heteroatoms. The minimum Gasteiger partial charge on any atom is -0.508 e. The van der Waals surface area contributed by atoms with E-state index in [1.54, 1.807) is 18.2 Å². The third kappa shape index (κ3) is 3.65. The molecule has 0 aromatic heterocycles. The van der Waals surface area contributed by atoms with Gasteiger partial charge in [0.2, 0.25) is 0 Å². The fourth-order valence-corrected chi connectivity index (χ4v) is 2.93. The SMILES string of the molecule is C=C(C)CN1CC(Cc2cccc(F)c2)Oc2cc(O)ccc21. The molecule has 120 valence electrons. The maximum absolute atomic E-state index is 13.4. The molecule has 1 aliphatic rings. The van der Waals surface area contributed by atoms with Crippen molar-refractivity contribution < 1.29 is 14.2 Å². The number of anilines is 1. The van der Waals surface area contributed by atoms with Gasteiger partial charge in [0.05, 0.1) is 12.2 Å². The van der Waals surface area contributed by atoms with Gasteiger partial charge in [0.25, 0.3) is 0 Å². The first kappa shape index (κ1) is 15.4. The second kappa shape index (κ2) is 6.32. The van der Waals surface area contributed by atoms with Crippen molar-refractivity contribution in [3.05, 3.63) is 66.0 Å². The van der Waals surface area contributed by atoms with Crippen LogP contribution in [-0.2, 0) is 6.42 Å². The number of ether oxygens (including phenoxy) is 1. The van der Waals surface area contributed by atoms with Gasteiger partial charge in [0.15, 0.2) is 0 Å². The van der Waals surface area contributed by atoms with Crippen LogP contribution in [0.1, 0.15) is 12.5 Å². The molecular weight excluding hydrogens is 293 g/mol. The van der Waals surface area contributed by atoms with Crippen LogP contribution in [0.2, 0.25) is 0 Å². The summed E-state index contributed by atoms with van der Waals surface area (Å²) in [4.78, 5) is 2.19. The van der Waals surface area contributed by atoms with Crippen LogP contribution in [0.5, 0.6) is 11.5 Å². The summed E-state index contributed by atoms with van der Waals surface area (Å²) in [6, 6.07) is 11.7. The van der Waals surface area contributed by atoms with E-state index in [1.165, 1.54) is 12.1 Å². The van der Waals surface area contributed by atoms with Gasteiger partial charge in [-0.25, -0.2) is 4.39 Å². The van der Waals surface area contributed by atoms with Crippen LogP contribution in [0.25, 0.3) is 0 Å². The average Bonchev–Trinajstić information content (AvgIpc) is 2.46. The molecule has 1 atom stereocenters. The molecule has 2 aromatic carbocycles. The molecule has 0 saturated carbocycles. The highest BCUT2D eigenvalue weighted by Gasteiger charge is 2.26. The van der Waals surface area contributed by atoms with E-state index in [2.05, 4.69) is 11.5 Å². The molecule has 0 amide bonds. The summed E-state index contributed by atoms with van der Waals surface area (Å²) >= 11 is 0. The Balaban J connectivity index is 1.85. The molecule has 0 bridgehead atoms. The molecule has 1 N–H and O–H groups in total. The summed E-state index contributed by atoms with van der Waals surface area (Å²) < 4.78 is 19.4. The number of benzene rings is 2. The summed E-state index contributed by atoms with van der Waals surface area (Å²) in [7, 11) is 0. The highest BCUT2D eigenvalue weighted by molar-refractivity contribution is 5.63. The van der Waals surface area contributed by atoms with Gasteiger partial charge in [-0.3, -0.25) is 0 Å². The molecule has 0 spiro atoms. The summed E-state index contributed by atoms with van der Waals surface area (Å²) in [5.41, 5.74) is 2.89. The maximum Gasteiger partial charge on any atom is 0.146 e. The molecule has 1 aliphatic heterocycles. The molecule has 0 saturated heterocycles. The Kier molecular flexibility index (Phi) is 4.24. The van der Waals surface area contributed by atoms with E-state index >= 15 is 0 Å². The van der Waals surface area contributed by atoms with Crippen molar-refractivity contribution in [3.8, 4) is 11.5 Å². The fraction of sp³-hybridized carbons (Fsp3) is 0.263. The smallest absolute Gasteiger partial charge is 0.146 e.